The summed E-state index contributed by atoms with van der Waals surface area (Å²) in [6.07, 6.45) is 6.46. The number of rotatable bonds is 3. The van der Waals surface area contributed by atoms with E-state index in [-0.39, 0.29) is 17.1 Å². The van der Waals surface area contributed by atoms with Crippen LogP contribution in [0.25, 0.3) is 0 Å². The third-order valence-electron chi connectivity index (χ3n) is 5.66. The van der Waals surface area contributed by atoms with Gasteiger partial charge in [-0.05, 0) is 55.9 Å². The van der Waals surface area contributed by atoms with Crippen LogP contribution < -0.4 is 15.5 Å². The topological polar surface area (TPSA) is 68.5 Å². The zero-order valence-corrected chi connectivity index (χ0v) is 14.9. The summed E-state index contributed by atoms with van der Waals surface area (Å²) >= 11 is 0. The van der Waals surface area contributed by atoms with E-state index in [1.165, 1.54) is 18.9 Å². The number of amides is 1. The molecule has 136 valence electrons. The molecule has 1 saturated carbocycles. The first-order chi connectivity index (χ1) is 12.7. The number of hydrogen-bond acceptors (Lipinski definition) is 4. The first-order valence-corrected chi connectivity index (χ1v) is 9.28. The highest BCUT2D eigenvalue weighted by molar-refractivity contribution is 6.02. The van der Waals surface area contributed by atoms with Crippen molar-refractivity contribution in [2.24, 2.45) is 5.92 Å². The zero-order valence-electron chi connectivity index (χ0n) is 14.9. The maximum atomic E-state index is 12.6. The molecule has 2 atom stereocenters. The molecule has 1 amide bonds. The van der Waals surface area contributed by atoms with Gasteiger partial charge in [0.2, 0.25) is 0 Å². The zero-order chi connectivity index (χ0) is 18.1. The second-order valence-electron chi connectivity index (χ2n) is 7.19. The Morgan fingerprint density at radius 2 is 1.92 bits per heavy atom. The van der Waals surface area contributed by atoms with Gasteiger partial charge in [-0.3, -0.25) is 9.59 Å². The lowest BCUT2D eigenvalue weighted by molar-refractivity contribution is 0.0986. The lowest BCUT2D eigenvalue weighted by Gasteiger charge is -2.35. The van der Waals surface area contributed by atoms with Crippen LogP contribution in [0.2, 0.25) is 0 Å². The molecule has 4 rings (SSSR count). The van der Waals surface area contributed by atoms with Crippen LogP contribution in [0.4, 0.5) is 5.69 Å². The fourth-order valence-electron chi connectivity index (χ4n) is 4.29. The molecular formula is C21H23NO4. The second-order valence-corrected chi connectivity index (χ2v) is 7.19. The highest BCUT2D eigenvalue weighted by atomic mass is 16.5. The second kappa shape index (κ2) is 6.98. The summed E-state index contributed by atoms with van der Waals surface area (Å²) in [6, 6.07) is 8.38. The summed E-state index contributed by atoms with van der Waals surface area (Å²) in [5, 5.41) is 2.79. The summed E-state index contributed by atoms with van der Waals surface area (Å²) in [7, 11) is 1.59. The van der Waals surface area contributed by atoms with Gasteiger partial charge in [-0.2, -0.15) is 0 Å². The fourth-order valence-corrected chi connectivity index (χ4v) is 4.29. The van der Waals surface area contributed by atoms with Crippen LogP contribution in [-0.4, -0.2) is 13.0 Å². The predicted octanol–water partition coefficient (Wildman–Crippen LogP) is 4.12. The molecule has 0 bridgehead atoms. The van der Waals surface area contributed by atoms with E-state index in [4.69, 9.17) is 9.15 Å². The van der Waals surface area contributed by atoms with E-state index in [0.29, 0.717) is 17.4 Å². The standard InChI is InChI=1S/C21H23NO4/c1-25-15-9-7-14(8-10-15)22-21(24)19-12-18(23)17-11-6-13-4-2-3-5-16(13)20(17)26-19/h7-10,12-13,16H,2-6,11H2,1H3,(H,22,24)/t13-,16+/m0/s1. The van der Waals surface area contributed by atoms with Crippen molar-refractivity contribution in [1.29, 1.82) is 0 Å². The van der Waals surface area contributed by atoms with E-state index < -0.39 is 5.91 Å². The molecule has 0 unspecified atom stereocenters. The Morgan fingerprint density at radius 3 is 2.69 bits per heavy atom. The Morgan fingerprint density at radius 1 is 1.15 bits per heavy atom. The SMILES string of the molecule is COc1ccc(NC(=O)c2cc(=O)c3c(o2)[C@@H]2CCCC[C@H]2CC3)cc1. The average Bonchev–Trinajstić information content (AvgIpc) is 2.68. The van der Waals surface area contributed by atoms with E-state index in [1.54, 1.807) is 31.4 Å². The van der Waals surface area contributed by atoms with E-state index in [0.717, 1.165) is 37.0 Å². The van der Waals surface area contributed by atoms with Crippen molar-refractivity contribution in [2.45, 2.75) is 44.4 Å². The molecule has 2 aromatic rings. The summed E-state index contributed by atoms with van der Waals surface area (Å²) in [5.41, 5.74) is 1.33. The molecule has 0 spiro atoms. The smallest absolute Gasteiger partial charge is 0.291 e. The van der Waals surface area contributed by atoms with Crippen molar-refractivity contribution >= 4 is 11.6 Å². The summed E-state index contributed by atoms with van der Waals surface area (Å²) in [6.45, 7) is 0. The molecule has 0 aliphatic heterocycles. The lowest BCUT2D eigenvalue weighted by Crippen LogP contribution is -2.29. The largest absolute Gasteiger partial charge is 0.497 e. The maximum absolute atomic E-state index is 12.6. The van der Waals surface area contributed by atoms with Crippen molar-refractivity contribution in [3.05, 3.63) is 57.6 Å². The van der Waals surface area contributed by atoms with Crippen molar-refractivity contribution in [2.75, 3.05) is 12.4 Å². The number of benzene rings is 1. The molecule has 2 aliphatic rings. The van der Waals surface area contributed by atoms with Crippen molar-refractivity contribution in [3.63, 3.8) is 0 Å². The van der Waals surface area contributed by atoms with Crippen molar-refractivity contribution < 1.29 is 13.9 Å². The monoisotopic (exact) mass is 353 g/mol. The van der Waals surface area contributed by atoms with E-state index in [9.17, 15) is 9.59 Å². The third-order valence-corrected chi connectivity index (χ3v) is 5.66. The van der Waals surface area contributed by atoms with Crippen LogP contribution in [0, 0.1) is 5.92 Å². The normalized spacial score (nSPS) is 21.4. The maximum Gasteiger partial charge on any atom is 0.291 e. The average molecular weight is 353 g/mol. The van der Waals surface area contributed by atoms with Gasteiger partial charge in [-0.1, -0.05) is 12.8 Å². The van der Waals surface area contributed by atoms with Gasteiger partial charge in [0.25, 0.3) is 5.91 Å². The van der Waals surface area contributed by atoms with E-state index in [1.807, 2.05) is 0 Å². The molecule has 5 heteroatoms. The number of ether oxygens (including phenoxy) is 1. The Labute approximate surface area is 152 Å². The number of hydrogen-bond donors (Lipinski definition) is 1. The lowest BCUT2D eigenvalue weighted by atomic mass is 9.70. The highest BCUT2D eigenvalue weighted by Gasteiger charge is 2.35. The van der Waals surface area contributed by atoms with Crippen LogP contribution in [-0.2, 0) is 6.42 Å². The number of anilines is 1. The number of carbonyl (C=O) groups is 1. The Hall–Kier alpha value is -2.56. The number of carbonyl (C=O) groups excluding carboxylic acids is 1. The van der Waals surface area contributed by atoms with Crippen LogP contribution in [0.1, 0.15) is 59.9 Å². The molecule has 5 nitrogen and oxygen atoms in total. The van der Waals surface area contributed by atoms with Crippen LogP contribution in [0.3, 0.4) is 0 Å². The van der Waals surface area contributed by atoms with Gasteiger partial charge >= 0.3 is 0 Å². The molecule has 26 heavy (non-hydrogen) atoms. The molecule has 0 radical (unpaired) electrons. The highest BCUT2D eigenvalue weighted by Crippen LogP contribution is 2.44. The molecule has 1 aromatic heterocycles. The van der Waals surface area contributed by atoms with Crippen molar-refractivity contribution in [1.82, 2.24) is 0 Å². The van der Waals surface area contributed by atoms with E-state index >= 15 is 0 Å². The van der Waals surface area contributed by atoms with Gasteiger partial charge in [-0.25, -0.2) is 0 Å². The summed E-state index contributed by atoms with van der Waals surface area (Å²) in [5.74, 6) is 2.04. The summed E-state index contributed by atoms with van der Waals surface area (Å²) < 4.78 is 11.1. The Kier molecular flexibility index (Phi) is 4.53. The van der Waals surface area contributed by atoms with Gasteiger partial charge < -0.3 is 14.5 Å². The minimum Gasteiger partial charge on any atom is -0.497 e. The Bertz CT molecular complexity index is 869. The predicted molar refractivity (Wildman–Crippen MR) is 98.9 cm³/mol. The van der Waals surface area contributed by atoms with Gasteiger partial charge in [0, 0.05) is 23.2 Å². The molecule has 0 saturated heterocycles. The van der Waals surface area contributed by atoms with Gasteiger partial charge in [-0.15, -0.1) is 0 Å². The first kappa shape index (κ1) is 16.9. The molecule has 1 heterocycles. The first-order valence-electron chi connectivity index (χ1n) is 9.28. The van der Waals surface area contributed by atoms with Gasteiger partial charge in [0.05, 0.1) is 7.11 Å². The van der Waals surface area contributed by atoms with Crippen LogP contribution >= 0.6 is 0 Å². The van der Waals surface area contributed by atoms with E-state index in [2.05, 4.69) is 5.32 Å². The van der Waals surface area contributed by atoms with Crippen LogP contribution in [0.15, 0.2) is 39.5 Å². The summed E-state index contributed by atoms with van der Waals surface area (Å²) in [4.78, 5) is 25.1. The number of fused-ring (bicyclic) bond motifs is 3. The van der Waals surface area contributed by atoms with Crippen molar-refractivity contribution in [3.8, 4) is 5.75 Å². The number of methoxy groups -OCH3 is 1. The minimum atomic E-state index is -0.395. The molecule has 1 fully saturated rings. The number of nitrogens with one attached hydrogen (secondary N) is 1. The molecule has 1 N–H and O–H groups in total. The minimum absolute atomic E-state index is 0.0739. The molecule has 2 aliphatic carbocycles. The third kappa shape index (κ3) is 3.14. The van der Waals surface area contributed by atoms with Gasteiger partial charge in [0.15, 0.2) is 11.2 Å². The molecular weight excluding hydrogens is 330 g/mol. The molecule has 1 aromatic carbocycles. The van der Waals surface area contributed by atoms with Gasteiger partial charge in [0.1, 0.15) is 11.5 Å². The fraction of sp³-hybridized carbons (Fsp3) is 0.429. The van der Waals surface area contributed by atoms with Crippen LogP contribution in [0.5, 0.6) is 5.75 Å². The quantitative estimate of drug-likeness (QED) is 0.901. The Balaban J connectivity index is 1.61.